The van der Waals surface area contributed by atoms with E-state index in [0.29, 0.717) is 0 Å². The molecule has 0 aromatic rings. The molecule has 0 N–H and O–H groups in total. The highest BCUT2D eigenvalue weighted by molar-refractivity contribution is 4.72. The Balaban J connectivity index is 2.30. The van der Waals surface area contributed by atoms with Gasteiger partial charge in [-0.05, 0) is 25.8 Å². The molecule has 0 unspecified atom stereocenters. The van der Waals surface area contributed by atoms with Gasteiger partial charge in [0.15, 0.2) is 0 Å². The van der Waals surface area contributed by atoms with Crippen LogP contribution in [0.5, 0.6) is 0 Å². The molecular formula is C12H25N. The highest BCUT2D eigenvalue weighted by atomic mass is 15.1. The Morgan fingerprint density at radius 1 is 1.08 bits per heavy atom. The van der Waals surface area contributed by atoms with Crippen LogP contribution in [-0.4, -0.2) is 24.5 Å². The van der Waals surface area contributed by atoms with Gasteiger partial charge in [0.25, 0.3) is 0 Å². The lowest BCUT2D eigenvalue weighted by molar-refractivity contribution is 0.199. The van der Waals surface area contributed by atoms with Crippen LogP contribution in [0.1, 0.15) is 52.4 Å². The van der Waals surface area contributed by atoms with E-state index in [9.17, 15) is 0 Å². The summed E-state index contributed by atoms with van der Waals surface area (Å²) >= 11 is 0. The van der Waals surface area contributed by atoms with Crippen molar-refractivity contribution in [3.8, 4) is 0 Å². The molecule has 1 aliphatic rings. The zero-order valence-electron chi connectivity index (χ0n) is 9.55. The van der Waals surface area contributed by atoms with Crippen LogP contribution in [0.4, 0.5) is 0 Å². The predicted molar refractivity (Wildman–Crippen MR) is 59.0 cm³/mol. The van der Waals surface area contributed by atoms with Gasteiger partial charge in [0.05, 0.1) is 0 Å². The number of nitrogens with zero attached hydrogens (tertiary/aromatic N) is 1. The van der Waals surface area contributed by atoms with E-state index in [0.717, 1.165) is 12.0 Å². The maximum absolute atomic E-state index is 2.58. The lowest BCUT2D eigenvalue weighted by Crippen LogP contribution is -2.34. The number of rotatable bonds is 3. The second-order valence-electron chi connectivity index (χ2n) is 4.98. The third-order valence-electron chi connectivity index (χ3n) is 3.10. The summed E-state index contributed by atoms with van der Waals surface area (Å²) in [4.78, 5) is 2.58. The summed E-state index contributed by atoms with van der Waals surface area (Å²) in [6, 6.07) is 0.880. The van der Waals surface area contributed by atoms with Crippen molar-refractivity contribution in [1.82, 2.24) is 4.90 Å². The van der Waals surface area contributed by atoms with Gasteiger partial charge in [-0.3, -0.25) is 0 Å². The van der Waals surface area contributed by atoms with Crippen LogP contribution in [0.2, 0.25) is 0 Å². The van der Waals surface area contributed by atoms with Crippen molar-refractivity contribution in [2.75, 3.05) is 13.6 Å². The third kappa shape index (κ3) is 4.12. The summed E-state index contributed by atoms with van der Waals surface area (Å²) in [6.07, 6.45) is 8.70. The van der Waals surface area contributed by atoms with E-state index in [-0.39, 0.29) is 0 Å². The summed E-state index contributed by atoms with van der Waals surface area (Å²) in [7, 11) is 2.30. The van der Waals surface area contributed by atoms with Crippen LogP contribution >= 0.6 is 0 Å². The lowest BCUT2D eigenvalue weighted by atomic mass is 10.1. The standard InChI is InChI=1S/C12H25N/c1-11(2)10-13(3)12-8-6-4-5-7-9-12/h11-12H,4-10H2,1-3H3. The Labute approximate surface area is 83.5 Å². The SMILES string of the molecule is CC(C)CN(C)C1CCCCCC1. The summed E-state index contributed by atoms with van der Waals surface area (Å²) in [6.45, 7) is 5.89. The summed E-state index contributed by atoms with van der Waals surface area (Å²) < 4.78 is 0. The monoisotopic (exact) mass is 183 g/mol. The van der Waals surface area contributed by atoms with Crippen molar-refractivity contribution >= 4 is 0 Å². The van der Waals surface area contributed by atoms with Crippen LogP contribution in [0.3, 0.4) is 0 Å². The maximum atomic E-state index is 2.58. The van der Waals surface area contributed by atoms with E-state index >= 15 is 0 Å². The van der Waals surface area contributed by atoms with Crippen molar-refractivity contribution < 1.29 is 0 Å². The van der Waals surface area contributed by atoms with Crippen LogP contribution < -0.4 is 0 Å². The van der Waals surface area contributed by atoms with Gasteiger partial charge < -0.3 is 4.90 Å². The summed E-state index contributed by atoms with van der Waals surface area (Å²) in [5, 5.41) is 0. The zero-order chi connectivity index (χ0) is 9.68. The molecule has 1 heteroatoms. The van der Waals surface area contributed by atoms with Crippen molar-refractivity contribution in [2.24, 2.45) is 5.92 Å². The van der Waals surface area contributed by atoms with Crippen LogP contribution in [0.25, 0.3) is 0 Å². The molecule has 0 atom stereocenters. The molecule has 1 rings (SSSR count). The van der Waals surface area contributed by atoms with E-state index in [1.54, 1.807) is 0 Å². The Bertz CT molecular complexity index is 123. The van der Waals surface area contributed by atoms with Crippen LogP contribution in [0.15, 0.2) is 0 Å². The molecule has 13 heavy (non-hydrogen) atoms. The van der Waals surface area contributed by atoms with E-state index in [1.165, 1.54) is 45.1 Å². The molecule has 0 bridgehead atoms. The molecule has 0 saturated heterocycles. The van der Waals surface area contributed by atoms with Crippen molar-refractivity contribution in [3.63, 3.8) is 0 Å². The average molecular weight is 183 g/mol. The molecule has 78 valence electrons. The molecule has 1 nitrogen and oxygen atoms in total. The number of hydrogen-bond acceptors (Lipinski definition) is 1. The van der Waals surface area contributed by atoms with Gasteiger partial charge in [0.1, 0.15) is 0 Å². The third-order valence-corrected chi connectivity index (χ3v) is 3.10. The van der Waals surface area contributed by atoms with Gasteiger partial charge >= 0.3 is 0 Å². The van der Waals surface area contributed by atoms with Gasteiger partial charge in [-0.1, -0.05) is 39.5 Å². The molecular weight excluding hydrogens is 158 g/mol. The average Bonchev–Trinajstić information content (AvgIpc) is 2.29. The molecule has 0 aromatic carbocycles. The first-order valence-electron chi connectivity index (χ1n) is 5.90. The molecule has 1 aliphatic carbocycles. The first-order chi connectivity index (χ1) is 6.20. The minimum atomic E-state index is 0.813. The second-order valence-corrected chi connectivity index (χ2v) is 4.98. The largest absolute Gasteiger partial charge is 0.303 e. The highest BCUT2D eigenvalue weighted by Crippen LogP contribution is 2.21. The minimum Gasteiger partial charge on any atom is -0.303 e. The highest BCUT2D eigenvalue weighted by Gasteiger charge is 2.16. The van der Waals surface area contributed by atoms with Gasteiger partial charge in [-0.25, -0.2) is 0 Å². The molecule has 0 amide bonds. The molecule has 0 radical (unpaired) electrons. The Morgan fingerprint density at radius 2 is 1.62 bits per heavy atom. The normalized spacial score (nSPS) is 21.0. The summed E-state index contributed by atoms with van der Waals surface area (Å²) in [5.74, 6) is 0.813. The molecule has 1 saturated carbocycles. The topological polar surface area (TPSA) is 3.24 Å². The molecule has 1 fully saturated rings. The number of hydrogen-bond donors (Lipinski definition) is 0. The first-order valence-corrected chi connectivity index (χ1v) is 5.90. The fraction of sp³-hybridized carbons (Fsp3) is 1.00. The van der Waals surface area contributed by atoms with Crippen LogP contribution in [-0.2, 0) is 0 Å². The fourth-order valence-electron chi connectivity index (χ4n) is 2.42. The maximum Gasteiger partial charge on any atom is 0.00923 e. The Kier molecular flexibility index (Phi) is 4.79. The van der Waals surface area contributed by atoms with Crippen LogP contribution in [0, 0.1) is 5.92 Å². The zero-order valence-corrected chi connectivity index (χ0v) is 9.55. The van der Waals surface area contributed by atoms with E-state index in [2.05, 4.69) is 25.8 Å². The fourth-order valence-corrected chi connectivity index (χ4v) is 2.42. The Morgan fingerprint density at radius 3 is 2.08 bits per heavy atom. The van der Waals surface area contributed by atoms with Gasteiger partial charge in [0.2, 0.25) is 0 Å². The molecule has 0 spiro atoms. The van der Waals surface area contributed by atoms with E-state index < -0.39 is 0 Å². The van der Waals surface area contributed by atoms with Gasteiger partial charge in [-0.2, -0.15) is 0 Å². The Hall–Kier alpha value is -0.0400. The minimum absolute atomic E-state index is 0.813. The summed E-state index contributed by atoms with van der Waals surface area (Å²) in [5.41, 5.74) is 0. The van der Waals surface area contributed by atoms with Crippen molar-refractivity contribution in [1.29, 1.82) is 0 Å². The molecule has 0 aliphatic heterocycles. The quantitative estimate of drug-likeness (QED) is 0.607. The van der Waals surface area contributed by atoms with Gasteiger partial charge in [-0.15, -0.1) is 0 Å². The second kappa shape index (κ2) is 5.64. The van der Waals surface area contributed by atoms with Crippen molar-refractivity contribution in [2.45, 2.75) is 58.4 Å². The van der Waals surface area contributed by atoms with Gasteiger partial charge in [0, 0.05) is 12.6 Å². The molecule has 0 aromatic heterocycles. The van der Waals surface area contributed by atoms with Crippen molar-refractivity contribution in [3.05, 3.63) is 0 Å². The first kappa shape index (κ1) is 11.0. The van der Waals surface area contributed by atoms with E-state index in [1.807, 2.05) is 0 Å². The van der Waals surface area contributed by atoms with E-state index in [4.69, 9.17) is 0 Å². The lowest BCUT2D eigenvalue weighted by Gasteiger charge is -2.28. The predicted octanol–water partition coefficient (Wildman–Crippen LogP) is 3.30. The smallest absolute Gasteiger partial charge is 0.00923 e. The molecule has 0 heterocycles.